The van der Waals surface area contributed by atoms with Crippen LogP contribution < -0.4 is 10.6 Å². The summed E-state index contributed by atoms with van der Waals surface area (Å²) in [4.78, 5) is 39.7. The second kappa shape index (κ2) is 7.96. The zero-order valence-electron chi connectivity index (χ0n) is 16.2. The average Bonchev–Trinajstić information content (AvgIpc) is 3.14. The first-order valence-corrected chi connectivity index (χ1v) is 10.3. The summed E-state index contributed by atoms with van der Waals surface area (Å²) in [6.45, 7) is 7.26. The van der Waals surface area contributed by atoms with Crippen molar-refractivity contribution in [2.45, 2.75) is 65.0 Å². The van der Waals surface area contributed by atoms with Gasteiger partial charge in [-0.15, -0.1) is 0 Å². The second-order valence-corrected chi connectivity index (χ2v) is 9.31. The lowest BCUT2D eigenvalue weighted by Gasteiger charge is -2.31. The summed E-state index contributed by atoms with van der Waals surface area (Å²) < 4.78 is 4.19. The SMILES string of the molecule is Cc1cc(CC(=O)NCC2CC(C)(C)CN2C(=O)[C@H]2CCCC(=O)N2)sn1. The van der Waals surface area contributed by atoms with Crippen LogP contribution in [-0.2, 0) is 20.8 Å². The predicted octanol–water partition coefficient (Wildman–Crippen LogP) is 1.41. The molecule has 2 aliphatic heterocycles. The van der Waals surface area contributed by atoms with E-state index in [1.807, 2.05) is 17.9 Å². The van der Waals surface area contributed by atoms with Gasteiger partial charge in [-0.3, -0.25) is 14.4 Å². The Labute approximate surface area is 164 Å². The summed E-state index contributed by atoms with van der Waals surface area (Å²) in [5.74, 6) is -0.129. The molecule has 148 valence electrons. The molecule has 2 aliphatic rings. The Hall–Kier alpha value is -1.96. The first-order chi connectivity index (χ1) is 12.7. The lowest BCUT2D eigenvalue weighted by atomic mass is 9.91. The zero-order valence-corrected chi connectivity index (χ0v) is 17.0. The van der Waals surface area contributed by atoms with Gasteiger partial charge >= 0.3 is 0 Å². The third-order valence-corrected chi connectivity index (χ3v) is 6.06. The van der Waals surface area contributed by atoms with Gasteiger partial charge in [-0.25, -0.2) is 0 Å². The number of aromatic nitrogens is 1. The maximum Gasteiger partial charge on any atom is 0.245 e. The molecule has 27 heavy (non-hydrogen) atoms. The molecule has 2 atom stereocenters. The number of aryl methyl sites for hydroxylation is 1. The highest BCUT2D eigenvalue weighted by atomic mass is 32.1. The van der Waals surface area contributed by atoms with Gasteiger partial charge in [-0.05, 0) is 49.2 Å². The van der Waals surface area contributed by atoms with Crippen LogP contribution in [0.4, 0.5) is 0 Å². The van der Waals surface area contributed by atoms with E-state index in [2.05, 4.69) is 28.9 Å². The molecule has 2 N–H and O–H groups in total. The number of likely N-dealkylation sites (tertiary alicyclic amines) is 1. The van der Waals surface area contributed by atoms with Crippen LogP contribution in [0.15, 0.2) is 6.07 Å². The van der Waals surface area contributed by atoms with Crippen LogP contribution in [0.1, 0.15) is 50.1 Å². The molecule has 3 heterocycles. The fourth-order valence-corrected chi connectivity index (χ4v) is 4.72. The van der Waals surface area contributed by atoms with E-state index in [0.29, 0.717) is 32.4 Å². The normalized spacial score (nSPS) is 24.6. The van der Waals surface area contributed by atoms with Gasteiger partial charge < -0.3 is 15.5 Å². The molecule has 0 spiro atoms. The fraction of sp³-hybridized carbons (Fsp3) is 0.684. The summed E-state index contributed by atoms with van der Waals surface area (Å²) in [5.41, 5.74) is 0.921. The number of amides is 3. The van der Waals surface area contributed by atoms with E-state index in [4.69, 9.17) is 0 Å². The molecule has 2 saturated heterocycles. The molecule has 0 aromatic carbocycles. The van der Waals surface area contributed by atoms with E-state index in [0.717, 1.165) is 23.4 Å². The topological polar surface area (TPSA) is 91.4 Å². The first kappa shape index (κ1) is 19.8. The largest absolute Gasteiger partial charge is 0.354 e. The van der Waals surface area contributed by atoms with Crippen LogP contribution in [0.2, 0.25) is 0 Å². The van der Waals surface area contributed by atoms with E-state index in [-0.39, 0.29) is 29.2 Å². The predicted molar refractivity (Wildman–Crippen MR) is 103 cm³/mol. The summed E-state index contributed by atoms with van der Waals surface area (Å²) in [7, 11) is 0. The third kappa shape index (κ3) is 5.06. The van der Waals surface area contributed by atoms with Crippen LogP contribution in [-0.4, -0.2) is 52.2 Å². The molecular formula is C19H28N4O3S. The van der Waals surface area contributed by atoms with E-state index < -0.39 is 6.04 Å². The molecule has 7 nitrogen and oxygen atoms in total. The molecule has 1 unspecified atom stereocenters. The molecule has 3 rings (SSSR count). The van der Waals surface area contributed by atoms with Crippen molar-refractivity contribution in [2.75, 3.05) is 13.1 Å². The molecule has 1 aromatic heterocycles. The van der Waals surface area contributed by atoms with Crippen molar-refractivity contribution in [2.24, 2.45) is 5.41 Å². The monoisotopic (exact) mass is 392 g/mol. The van der Waals surface area contributed by atoms with Crippen LogP contribution in [0.25, 0.3) is 0 Å². The number of hydrogen-bond donors (Lipinski definition) is 2. The Morgan fingerprint density at radius 3 is 2.89 bits per heavy atom. The Bertz CT molecular complexity index is 730. The van der Waals surface area contributed by atoms with Gasteiger partial charge in [-0.1, -0.05) is 13.8 Å². The smallest absolute Gasteiger partial charge is 0.245 e. The Kier molecular flexibility index (Phi) is 5.83. The highest BCUT2D eigenvalue weighted by Crippen LogP contribution is 2.34. The van der Waals surface area contributed by atoms with Gasteiger partial charge in [0.2, 0.25) is 17.7 Å². The quantitative estimate of drug-likeness (QED) is 0.793. The van der Waals surface area contributed by atoms with Crippen molar-refractivity contribution in [1.29, 1.82) is 0 Å². The van der Waals surface area contributed by atoms with Gasteiger partial charge in [-0.2, -0.15) is 4.37 Å². The molecule has 0 radical (unpaired) electrons. The minimum Gasteiger partial charge on any atom is -0.354 e. The van der Waals surface area contributed by atoms with E-state index in [1.165, 1.54) is 11.5 Å². The van der Waals surface area contributed by atoms with Gasteiger partial charge in [0, 0.05) is 30.4 Å². The Balaban J connectivity index is 1.59. The Morgan fingerprint density at radius 2 is 2.22 bits per heavy atom. The number of carbonyl (C=O) groups excluding carboxylic acids is 3. The summed E-state index contributed by atoms with van der Waals surface area (Å²) in [6.07, 6.45) is 3.07. The highest BCUT2D eigenvalue weighted by molar-refractivity contribution is 7.05. The lowest BCUT2D eigenvalue weighted by molar-refractivity contribution is -0.139. The van der Waals surface area contributed by atoms with Crippen LogP contribution >= 0.6 is 11.5 Å². The second-order valence-electron chi connectivity index (χ2n) is 8.42. The van der Waals surface area contributed by atoms with Crippen LogP contribution in [0.3, 0.4) is 0 Å². The maximum atomic E-state index is 13.0. The number of hydrogen-bond acceptors (Lipinski definition) is 5. The number of piperidine rings is 1. The van der Waals surface area contributed by atoms with Gasteiger partial charge in [0.1, 0.15) is 6.04 Å². The van der Waals surface area contributed by atoms with E-state index in [1.54, 1.807) is 0 Å². The summed E-state index contributed by atoms with van der Waals surface area (Å²) >= 11 is 1.34. The molecule has 8 heteroatoms. The van der Waals surface area contributed by atoms with Crippen molar-refractivity contribution in [3.05, 3.63) is 16.6 Å². The number of carbonyl (C=O) groups is 3. The van der Waals surface area contributed by atoms with Crippen molar-refractivity contribution in [3.8, 4) is 0 Å². The number of rotatable bonds is 5. The zero-order chi connectivity index (χ0) is 19.6. The molecule has 2 fully saturated rings. The minimum absolute atomic E-state index is 0.00147. The van der Waals surface area contributed by atoms with Crippen LogP contribution in [0, 0.1) is 12.3 Å². The number of nitrogens with zero attached hydrogens (tertiary/aromatic N) is 2. The molecule has 0 bridgehead atoms. The average molecular weight is 393 g/mol. The van der Waals surface area contributed by atoms with Crippen molar-refractivity contribution < 1.29 is 14.4 Å². The fourth-order valence-electron chi connectivity index (χ4n) is 3.99. The molecule has 0 aliphatic carbocycles. The first-order valence-electron chi connectivity index (χ1n) is 9.52. The Morgan fingerprint density at radius 1 is 1.44 bits per heavy atom. The molecular weight excluding hydrogens is 364 g/mol. The standard InChI is InChI=1S/C19H28N4O3S/c1-12-7-14(27-22-12)8-17(25)20-10-13-9-19(2,3)11-23(13)18(26)15-5-4-6-16(24)21-15/h7,13,15H,4-6,8-11H2,1-3H3,(H,20,25)(H,21,24)/t13?,15-/m1/s1. The molecule has 3 amide bonds. The third-order valence-electron chi connectivity index (χ3n) is 5.19. The summed E-state index contributed by atoms with van der Waals surface area (Å²) in [5, 5.41) is 5.79. The maximum absolute atomic E-state index is 13.0. The van der Waals surface area contributed by atoms with E-state index >= 15 is 0 Å². The summed E-state index contributed by atoms with van der Waals surface area (Å²) in [6, 6.07) is 1.45. The van der Waals surface area contributed by atoms with Crippen molar-refractivity contribution in [1.82, 2.24) is 19.9 Å². The lowest BCUT2D eigenvalue weighted by Crippen LogP contribution is -2.53. The van der Waals surface area contributed by atoms with Gasteiger partial charge in [0.05, 0.1) is 12.1 Å². The highest BCUT2D eigenvalue weighted by Gasteiger charge is 2.42. The van der Waals surface area contributed by atoms with Gasteiger partial charge in [0.15, 0.2) is 0 Å². The molecule has 1 aromatic rings. The molecule has 0 saturated carbocycles. The van der Waals surface area contributed by atoms with Crippen molar-refractivity contribution >= 4 is 29.3 Å². The van der Waals surface area contributed by atoms with Crippen LogP contribution in [0.5, 0.6) is 0 Å². The van der Waals surface area contributed by atoms with Gasteiger partial charge in [0.25, 0.3) is 0 Å². The van der Waals surface area contributed by atoms with Crippen molar-refractivity contribution in [3.63, 3.8) is 0 Å². The number of nitrogens with one attached hydrogen (secondary N) is 2. The minimum atomic E-state index is -0.432. The van der Waals surface area contributed by atoms with E-state index in [9.17, 15) is 14.4 Å².